The van der Waals surface area contributed by atoms with E-state index in [9.17, 15) is 4.79 Å². The highest BCUT2D eigenvalue weighted by Gasteiger charge is 2.11. The molecule has 4 rings (SSSR count). The molecular weight excluding hydrogens is 328 g/mol. The van der Waals surface area contributed by atoms with Crippen molar-refractivity contribution < 1.29 is 4.79 Å². The number of nitrogens with one attached hydrogen (secondary N) is 3. The molecule has 1 atom stereocenters. The van der Waals surface area contributed by atoms with Crippen LogP contribution in [-0.2, 0) is 0 Å². The Morgan fingerprint density at radius 2 is 2.00 bits per heavy atom. The summed E-state index contributed by atoms with van der Waals surface area (Å²) < 4.78 is 1.69. The van der Waals surface area contributed by atoms with Gasteiger partial charge in [-0.25, -0.2) is 14.5 Å². The first-order chi connectivity index (χ1) is 12.7. The SMILES string of the molecule is C[C@H](NC(=O)Nc1cccc2[nH]ccc12)c1ccc(-n2cncn2)cc1. The number of anilines is 1. The van der Waals surface area contributed by atoms with Gasteiger partial charge in [-0.05, 0) is 42.8 Å². The van der Waals surface area contributed by atoms with E-state index < -0.39 is 0 Å². The number of amides is 2. The summed E-state index contributed by atoms with van der Waals surface area (Å²) in [5.74, 6) is 0. The van der Waals surface area contributed by atoms with Crippen molar-refractivity contribution in [2.45, 2.75) is 13.0 Å². The molecule has 3 N–H and O–H groups in total. The summed E-state index contributed by atoms with van der Waals surface area (Å²) in [4.78, 5) is 19.4. The van der Waals surface area contributed by atoms with Gasteiger partial charge in [0.05, 0.1) is 17.4 Å². The number of aromatic nitrogens is 4. The number of urea groups is 1. The molecule has 2 amide bonds. The summed E-state index contributed by atoms with van der Waals surface area (Å²) in [7, 11) is 0. The van der Waals surface area contributed by atoms with Crippen molar-refractivity contribution in [1.29, 1.82) is 0 Å². The largest absolute Gasteiger partial charge is 0.361 e. The monoisotopic (exact) mass is 346 g/mol. The fourth-order valence-electron chi connectivity index (χ4n) is 2.89. The highest BCUT2D eigenvalue weighted by molar-refractivity contribution is 6.00. The number of carbonyl (C=O) groups is 1. The third-order valence-electron chi connectivity index (χ3n) is 4.27. The van der Waals surface area contributed by atoms with Gasteiger partial charge in [-0.3, -0.25) is 0 Å². The van der Waals surface area contributed by atoms with Crippen molar-refractivity contribution in [3.05, 3.63) is 72.9 Å². The summed E-state index contributed by atoms with van der Waals surface area (Å²) in [6, 6.07) is 15.1. The van der Waals surface area contributed by atoms with E-state index in [0.29, 0.717) is 0 Å². The number of H-pyrrole nitrogens is 1. The van der Waals surface area contributed by atoms with Crippen LogP contribution in [0.4, 0.5) is 10.5 Å². The molecule has 130 valence electrons. The van der Waals surface area contributed by atoms with Gasteiger partial charge >= 0.3 is 6.03 Å². The highest BCUT2D eigenvalue weighted by Crippen LogP contribution is 2.22. The van der Waals surface area contributed by atoms with E-state index >= 15 is 0 Å². The summed E-state index contributed by atoms with van der Waals surface area (Å²) in [5.41, 5.74) is 3.68. The van der Waals surface area contributed by atoms with Crippen LogP contribution < -0.4 is 10.6 Å². The Hall–Kier alpha value is -3.61. The van der Waals surface area contributed by atoms with E-state index in [1.165, 1.54) is 6.33 Å². The molecule has 0 saturated carbocycles. The van der Waals surface area contributed by atoms with Crippen molar-refractivity contribution in [3.8, 4) is 5.69 Å². The zero-order chi connectivity index (χ0) is 17.9. The average molecular weight is 346 g/mol. The Balaban J connectivity index is 1.43. The van der Waals surface area contributed by atoms with Gasteiger partial charge in [0.2, 0.25) is 0 Å². The van der Waals surface area contributed by atoms with Crippen LogP contribution in [-0.4, -0.2) is 25.8 Å². The van der Waals surface area contributed by atoms with Crippen molar-refractivity contribution in [3.63, 3.8) is 0 Å². The van der Waals surface area contributed by atoms with Gasteiger partial charge in [0, 0.05) is 17.1 Å². The van der Waals surface area contributed by atoms with Crippen molar-refractivity contribution in [1.82, 2.24) is 25.1 Å². The van der Waals surface area contributed by atoms with Crippen LogP contribution >= 0.6 is 0 Å². The number of fused-ring (bicyclic) bond motifs is 1. The Morgan fingerprint density at radius 1 is 1.15 bits per heavy atom. The summed E-state index contributed by atoms with van der Waals surface area (Å²) in [6.07, 6.45) is 4.99. The predicted octanol–water partition coefficient (Wildman–Crippen LogP) is 3.63. The van der Waals surface area contributed by atoms with Gasteiger partial charge in [-0.1, -0.05) is 18.2 Å². The fraction of sp³-hybridized carbons (Fsp3) is 0.105. The number of hydrogen-bond donors (Lipinski definition) is 3. The van der Waals surface area contributed by atoms with Crippen LogP contribution in [0.15, 0.2) is 67.4 Å². The molecule has 0 aliphatic rings. The second-order valence-electron chi connectivity index (χ2n) is 6.00. The molecular formula is C19H18N6O. The topological polar surface area (TPSA) is 87.6 Å². The second kappa shape index (κ2) is 6.72. The molecule has 2 heterocycles. The van der Waals surface area contributed by atoms with Gasteiger partial charge in [0.1, 0.15) is 12.7 Å². The second-order valence-corrected chi connectivity index (χ2v) is 6.00. The first kappa shape index (κ1) is 15.9. The molecule has 4 aromatic rings. The zero-order valence-electron chi connectivity index (χ0n) is 14.2. The Bertz CT molecular complexity index is 1020. The lowest BCUT2D eigenvalue weighted by atomic mass is 10.1. The number of nitrogens with zero attached hydrogens (tertiary/aromatic N) is 3. The zero-order valence-corrected chi connectivity index (χ0v) is 14.2. The number of benzene rings is 2. The highest BCUT2D eigenvalue weighted by atomic mass is 16.2. The van der Waals surface area contributed by atoms with Crippen LogP contribution in [0, 0.1) is 0 Å². The van der Waals surface area contributed by atoms with Crippen LogP contribution in [0.2, 0.25) is 0 Å². The Labute approximate surface area is 150 Å². The molecule has 0 saturated heterocycles. The smallest absolute Gasteiger partial charge is 0.319 e. The molecule has 0 spiro atoms. The van der Waals surface area contributed by atoms with Crippen molar-refractivity contribution >= 4 is 22.6 Å². The molecule has 2 aromatic carbocycles. The maximum Gasteiger partial charge on any atom is 0.319 e. The first-order valence-corrected chi connectivity index (χ1v) is 8.29. The molecule has 0 aliphatic carbocycles. The third kappa shape index (κ3) is 3.14. The van der Waals surface area contributed by atoms with Gasteiger partial charge in [-0.15, -0.1) is 0 Å². The molecule has 7 nitrogen and oxygen atoms in total. The van der Waals surface area contributed by atoms with E-state index in [4.69, 9.17) is 0 Å². The van der Waals surface area contributed by atoms with Crippen LogP contribution in [0.5, 0.6) is 0 Å². The lowest BCUT2D eigenvalue weighted by Gasteiger charge is -2.16. The van der Waals surface area contributed by atoms with E-state index in [2.05, 4.69) is 25.7 Å². The van der Waals surface area contributed by atoms with Gasteiger partial charge in [0.15, 0.2) is 0 Å². The third-order valence-corrected chi connectivity index (χ3v) is 4.27. The average Bonchev–Trinajstić information content (AvgIpc) is 3.34. The maximum atomic E-state index is 12.4. The molecule has 2 aromatic heterocycles. The van der Waals surface area contributed by atoms with Crippen molar-refractivity contribution in [2.24, 2.45) is 0 Å². The molecule has 0 radical (unpaired) electrons. The summed E-state index contributed by atoms with van der Waals surface area (Å²) in [6.45, 7) is 1.95. The molecule has 0 fully saturated rings. The minimum absolute atomic E-state index is 0.134. The van der Waals surface area contributed by atoms with E-state index in [1.54, 1.807) is 11.0 Å². The number of carbonyl (C=O) groups excluding carboxylic acids is 1. The lowest BCUT2D eigenvalue weighted by Crippen LogP contribution is -2.31. The van der Waals surface area contributed by atoms with Crippen LogP contribution in [0.1, 0.15) is 18.5 Å². The van der Waals surface area contributed by atoms with Crippen LogP contribution in [0.3, 0.4) is 0 Å². The molecule has 0 bridgehead atoms. The predicted molar refractivity (Wildman–Crippen MR) is 100 cm³/mol. The van der Waals surface area contributed by atoms with E-state index in [-0.39, 0.29) is 12.1 Å². The van der Waals surface area contributed by atoms with E-state index in [0.717, 1.165) is 27.8 Å². The van der Waals surface area contributed by atoms with Crippen molar-refractivity contribution in [2.75, 3.05) is 5.32 Å². The van der Waals surface area contributed by atoms with Gasteiger partial charge in [-0.2, -0.15) is 5.10 Å². The lowest BCUT2D eigenvalue weighted by molar-refractivity contribution is 0.249. The first-order valence-electron chi connectivity index (χ1n) is 8.29. The normalized spacial score (nSPS) is 12.0. The summed E-state index contributed by atoms with van der Waals surface area (Å²) in [5, 5.41) is 11.0. The maximum absolute atomic E-state index is 12.4. The molecule has 0 aliphatic heterocycles. The van der Waals surface area contributed by atoms with Gasteiger partial charge in [0.25, 0.3) is 0 Å². The quantitative estimate of drug-likeness (QED) is 0.527. The number of hydrogen-bond acceptors (Lipinski definition) is 3. The Morgan fingerprint density at radius 3 is 2.77 bits per heavy atom. The standard InChI is InChI=1S/C19H18N6O/c1-13(14-5-7-15(8-6-14)25-12-20-11-22-25)23-19(26)24-18-4-2-3-17-16(18)9-10-21-17/h2-13,21H,1H3,(H2,23,24,26)/t13-/m0/s1. The Kier molecular flexibility index (Phi) is 4.10. The minimum Gasteiger partial charge on any atom is -0.361 e. The summed E-state index contributed by atoms with van der Waals surface area (Å²) >= 11 is 0. The molecule has 26 heavy (non-hydrogen) atoms. The minimum atomic E-state index is -0.244. The molecule has 0 unspecified atom stereocenters. The van der Waals surface area contributed by atoms with Crippen LogP contribution in [0.25, 0.3) is 16.6 Å². The van der Waals surface area contributed by atoms with Gasteiger partial charge < -0.3 is 15.6 Å². The molecule has 7 heteroatoms. The van der Waals surface area contributed by atoms with E-state index in [1.807, 2.05) is 61.7 Å². The fourth-order valence-corrected chi connectivity index (χ4v) is 2.89. The number of rotatable bonds is 4. The number of aromatic amines is 1.